The van der Waals surface area contributed by atoms with Gasteiger partial charge in [-0.3, -0.25) is 0 Å². The highest BCUT2D eigenvalue weighted by Crippen LogP contribution is 1.90. The lowest BCUT2D eigenvalue weighted by Crippen LogP contribution is -2.32. The predicted octanol–water partition coefficient (Wildman–Crippen LogP) is 0.729. The maximum Gasteiger partial charge on any atom is 0.239 e. The molecule has 9 heavy (non-hydrogen) atoms. The molecule has 0 aliphatic rings. The Morgan fingerprint density at radius 1 is 1.33 bits per heavy atom. The predicted molar refractivity (Wildman–Crippen MR) is 48.2 cm³/mol. The van der Waals surface area contributed by atoms with E-state index in [1.807, 2.05) is 0 Å². The van der Waals surface area contributed by atoms with Crippen LogP contribution in [0.25, 0.3) is 0 Å². The monoisotopic (exact) mass is 165 g/mol. The first-order chi connectivity index (χ1) is 3.72. The maximum absolute atomic E-state index is 2.48. The fraction of sp³-hybridized carbons (Fsp3) is 1.00. The van der Waals surface area contributed by atoms with Crippen LogP contribution in [0.2, 0.25) is 0 Å². The second kappa shape index (κ2) is 6.90. The van der Waals surface area contributed by atoms with E-state index in [-0.39, 0.29) is 12.4 Å². The van der Waals surface area contributed by atoms with Gasteiger partial charge in [0.1, 0.15) is 0 Å². The molecule has 0 spiro atoms. The van der Waals surface area contributed by atoms with Gasteiger partial charge in [-0.1, -0.05) is 20.8 Å². The van der Waals surface area contributed by atoms with Gasteiger partial charge in [-0.05, 0) is 18.0 Å². The van der Waals surface area contributed by atoms with Crippen molar-refractivity contribution in [2.75, 3.05) is 13.1 Å². The van der Waals surface area contributed by atoms with Crippen LogP contribution in [0.4, 0.5) is 0 Å². The lowest BCUT2D eigenvalue weighted by molar-refractivity contribution is 0.291. The van der Waals surface area contributed by atoms with Crippen LogP contribution in [0, 0.1) is 0 Å². The molecule has 1 nitrogen and oxygen atoms in total. The zero-order chi connectivity index (χ0) is 6.57. The van der Waals surface area contributed by atoms with Crippen molar-refractivity contribution in [3.8, 4) is 0 Å². The standard InChI is InChI=1S/C6H14N.Al.ClH.2H/c1-4-7(5-2)6-3;;;;/h4H,5-6H2,1-3H3;;1H;;. The number of nitrogens with zero attached hydrogens (tertiary/aromatic N) is 1. The fourth-order valence-electron chi connectivity index (χ4n) is 0.954. The topological polar surface area (TPSA) is 3.24 Å². The second-order valence-corrected chi connectivity index (χ2v) is 3.99. The molecule has 56 valence electrons. The Balaban J connectivity index is 0. The summed E-state index contributed by atoms with van der Waals surface area (Å²) in [6, 6.07) is 0. The van der Waals surface area contributed by atoms with Crippen molar-refractivity contribution in [2.45, 2.75) is 25.7 Å². The third kappa shape index (κ3) is 5.24. The van der Waals surface area contributed by atoms with E-state index in [0.29, 0.717) is 0 Å². The van der Waals surface area contributed by atoms with Crippen molar-refractivity contribution in [1.82, 2.24) is 4.90 Å². The van der Waals surface area contributed by atoms with E-state index in [2.05, 4.69) is 25.7 Å². The Kier molecular flexibility index (Phi) is 9.55. The third-order valence-corrected chi connectivity index (χ3v) is 2.27. The van der Waals surface area contributed by atoms with Crippen molar-refractivity contribution in [2.24, 2.45) is 0 Å². The molecule has 0 N–H and O–H groups in total. The molecular weight excluding hydrogens is 149 g/mol. The van der Waals surface area contributed by atoms with Crippen LogP contribution in [0.15, 0.2) is 0 Å². The smallest absolute Gasteiger partial charge is 0.239 e. The van der Waals surface area contributed by atoms with Crippen molar-refractivity contribution < 1.29 is 0 Å². The summed E-state index contributed by atoms with van der Waals surface area (Å²) in [5.41, 5.74) is 0. The number of rotatable bonds is 3. The number of halogens is 1. The largest absolute Gasteiger partial charge is 0.315 e. The summed E-state index contributed by atoms with van der Waals surface area (Å²) >= 11 is 1.30. The molecule has 0 saturated carbocycles. The molecular formula is C6H17AlClN. The van der Waals surface area contributed by atoms with Crippen LogP contribution in [0.5, 0.6) is 0 Å². The first kappa shape index (κ1) is 12.5. The van der Waals surface area contributed by atoms with Crippen molar-refractivity contribution in [3.63, 3.8) is 0 Å². The van der Waals surface area contributed by atoms with Crippen LogP contribution in [-0.4, -0.2) is 39.2 Å². The lowest BCUT2D eigenvalue weighted by Gasteiger charge is -2.22. The molecule has 0 aromatic rings. The summed E-state index contributed by atoms with van der Waals surface area (Å²) in [6.07, 6.45) is 0. The molecule has 3 heteroatoms. The molecule has 1 atom stereocenters. The molecule has 0 radical (unpaired) electrons. The van der Waals surface area contributed by atoms with E-state index in [9.17, 15) is 0 Å². The van der Waals surface area contributed by atoms with Crippen LogP contribution < -0.4 is 0 Å². The highest BCUT2D eigenvalue weighted by Gasteiger charge is 2.01. The van der Waals surface area contributed by atoms with Gasteiger partial charge in [0.15, 0.2) is 0 Å². The van der Waals surface area contributed by atoms with E-state index in [4.69, 9.17) is 0 Å². The molecule has 0 aliphatic heterocycles. The summed E-state index contributed by atoms with van der Waals surface area (Å²) in [4.78, 5) is 3.33. The summed E-state index contributed by atoms with van der Waals surface area (Å²) < 4.78 is 0. The highest BCUT2D eigenvalue weighted by atomic mass is 35.5. The Morgan fingerprint density at radius 3 is 1.67 bits per heavy atom. The minimum absolute atomic E-state index is 0. The summed E-state index contributed by atoms with van der Waals surface area (Å²) in [6.45, 7) is 9.15. The van der Waals surface area contributed by atoms with Crippen molar-refractivity contribution >= 4 is 28.7 Å². The van der Waals surface area contributed by atoms with E-state index in [0.717, 1.165) is 4.90 Å². The molecule has 0 aromatic carbocycles. The normalized spacial score (nSPS) is 12.9. The van der Waals surface area contributed by atoms with Crippen LogP contribution >= 0.6 is 12.4 Å². The Hall–Kier alpha value is 0.782. The van der Waals surface area contributed by atoms with Gasteiger partial charge >= 0.3 is 0 Å². The van der Waals surface area contributed by atoms with E-state index >= 15 is 0 Å². The third-order valence-electron chi connectivity index (χ3n) is 1.54. The van der Waals surface area contributed by atoms with Gasteiger partial charge in [-0.15, -0.1) is 12.4 Å². The molecule has 0 fully saturated rings. The zero-order valence-corrected chi connectivity index (χ0v) is 9.66. The van der Waals surface area contributed by atoms with Crippen molar-refractivity contribution in [1.29, 1.82) is 0 Å². The Bertz CT molecular complexity index is 55.0. The van der Waals surface area contributed by atoms with Gasteiger partial charge in [0.2, 0.25) is 16.3 Å². The highest BCUT2D eigenvalue weighted by molar-refractivity contribution is 6.11. The Morgan fingerprint density at radius 2 is 1.67 bits per heavy atom. The maximum atomic E-state index is 2.48. The molecule has 0 rings (SSSR count). The average molecular weight is 166 g/mol. The van der Waals surface area contributed by atoms with E-state index < -0.39 is 0 Å². The molecule has 0 aliphatic carbocycles. The van der Waals surface area contributed by atoms with Gasteiger partial charge in [-0.25, -0.2) is 0 Å². The fourth-order valence-corrected chi connectivity index (χ4v) is 1.68. The van der Waals surface area contributed by atoms with Gasteiger partial charge in [0.05, 0.1) is 0 Å². The summed E-state index contributed by atoms with van der Waals surface area (Å²) in [5.74, 6) is 0. The molecule has 0 aromatic heterocycles. The number of hydrogen-bond donors (Lipinski definition) is 0. The second-order valence-electron chi connectivity index (χ2n) is 2.31. The molecule has 1 unspecified atom stereocenters. The minimum atomic E-state index is 0. The quantitative estimate of drug-likeness (QED) is 0.558. The van der Waals surface area contributed by atoms with Gasteiger partial charge in [0.25, 0.3) is 0 Å². The van der Waals surface area contributed by atoms with E-state index in [1.54, 1.807) is 0 Å². The molecule has 0 heterocycles. The summed E-state index contributed by atoms with van der Waals surface area (Å²) in [7, 11) is 0. The molecule has 0 saturated heterocycles. The first-order valence-electron chi connectivity index (χ1n) is 3.46. The molecule has 0 bridgehead atoms. The Labute approximate surface area is 72.6 Å². The van der Waals surface area contributed by atoms with Gasteiger partial charge in [-0.2, -0.15) is 0 Å². The first-order valence-corrected chi connectivity index (χ1v) is 4.61. The van der Waals surface area contributed by atoms with Gasteiger partial charge < -0.3 is 4.90 Å². The van der Waals surface area contributed by atoms with E-state index in [1.165, 1.54) is 29.4 Å². The SMILES string of the molecule is CCN(CC)[CH](C)[AlH2].Cl. The summed E-state index contributed by atoms with van der Waals surface area (Å²) in [5, 5.41) is 0. The average Bonchev–Trinajstić information content (AvgIpc) is 1.69. The van der Waals surface area contributed by atoms with Crippen LogP contribution in [0.1, 0.15) is 20.8 Å². The zero-order valence-electron chi connectivity index (χ0n) is 6.85. The minimum Gasteiger partial charge on any atom is -0.315 e. The van der Waals surface area contributed by atoms with Crippen molar-refractivity contribution in [3.05, 3.63) is 0 Å². The lowest BCUT2D eigenvalue weighted by atomic mass is 10.5. The van der Waals surface area contributed by atoms with Crippen LogP contribution in [-0.2, 0) is 0 Å². The van der Waals surface area contributed by atoms with Crippen LogP contribution in [0.3, 0.4) is 0 Å². The number of hydrogen-bond acceptors (Lipinski definition) is 1. The van der Waals surface area contributed by atoms with Gasteiger partial charge in [0, 0.05) is 0 Å². The molecule has 0 amide bonds.